The van der Waals surface area contributed by atoms with Crippen LogP contribution in [0.5, 0.6) is 0 Å². The Morgan fingerprint density at radius 2 is 2.16 bits per heavy atom. The Labute approximate surface area is 183 Å². The van der Waals surface area contributed by atoms with E-state index >= 15 is 0 Å². The fourth-order valence-electron chi connectivity index (χ4n) is 3.86. The van der Waals surface area contributed by atoms with Crippen LogP contribution in [0.15, 0.2) is 48.4 Å². The number of aromatic nitrogens is 3. The minimum absolute atomic E-state index is 0.0980. The summed E-state index contributed by atoms with van der Waals surface area (Å²) in [6.45, 7) is 4.72. The monoisotopic (exact) mass is 440 g/mol. The number of rotatable bonds is 7. The normalized spacial score (nSPS) is 16.2. The van der Waals surface area contributed by atoms with Crippen LogP contribution in [-0.2, 0) is 0 Å². The molecule has 0 spiro atoms. The molecule has 1 fully saturated rings. The Hall–Kier alpha value is -3.11. The van der Waals surface area contributed by atoms with Crippen molar-refractivity contribution in [2.45, 2.75) is 25.8 Å². The second-order valence-electron chi connectivity index (χ2n) is 7.76. The van der Waals surface area contributed by atoms with Crippen molar-refractivity contribution in [3.8, 4) is 5.69 Å². The van der Waals surface area contributed by atoms with E-state index in [-0.39, 0.29) is 28.9 Å². The first kappa shape index (κ1) is 21.1. The number of amides is 1. The molecular weight excluding hydrogens is 416 g/mol. The summed E-state index contributed by atoms with van der Waals surface area (Å²) >= 11 is 1.68. The number of benzene rings is 1. The third kappa shape index (κ3) is 4.80. The standard InChI is InChI=1S/C21H24N6O3S/c1-15-6-8-25(9-7-15)19(20-3-2-10-31-20)12-23-21(28)16-4-5-17(18(11-16)27(29)30)26-14-22-13-24-26/h2-5,10-11,13-15,19H,6-9,12H2,1H3,(H,23,28). The van der Waals surface area contributed by atoms with Crippen LogP contribution in [0.2, 0.25) is 0 Å². The van der Waals surface area contributed by atoms with Crippen LogP contribution >= 0.6 is 11.3 Å². The van der Waals surface area contributed by atoms with E-state index in [4.69, 9.17) is 0 Å². The van der Waals surface area contributed by atoms with Crippen molar-refractivity contribution in [1.82, 2.24) is 25.0 Å². The molecule has 10 heteroatoms. The Kier molecular flexibility index (Phi) is 6.38. The zero-order valence-corrected chi connectivity index (χ0v) is 18.0. The number of likely N-dealkylation sites (tertiary alicyclic amines) is 1. The lowest BCUT2D eigenvalue weighted by Gasteiger charge is -2.36. The molecule has 162 valence electrons. The lowest BCUT2D eigenvalue weighted by Crippen LogP contribution is -2.41. The minimum atomic E-state index is -0.517. The van der Waals surface area contributed by atoms with Crippen LogP contribution in [0.25, 0.3) is 5.69 Å². The number of thiophene rings is 1. The molecule has 1 unspecified atom stereocenters. The van der Waals surface area contributed by atoms with E-state index in [9.17, 15) is 14.9 Å². The van der Waals surface area contributed by atoms with Gasteiger partial charge in [0.2, 0.25) is 0 Å². The highest BCUT2D eigenvalue weighted by atomic mass is 32.1. The highest BCUT2D eigenvalue weighted by Crippen LogP contribution is 2.29. The number of nitro groups is 1. The van der Waals surface area contributed by atoms with E-state index < -0.39 is 4.92 Å². The molecule has 1 aliphatic heterocycles. The smallest absolute Gasteiger partial charge is 0.295 e. The average molecular weight is 441 g/mol. The van der Waals surface area contributed by atoms with Gasteiger partial charge in [-0.05, 0) is 55.4 Å². The molecule has 4 rings (SSSR count). The molecule has 2 aromatic heterocycles. The molecule has 1 N–H and O–H groups in total. The van der Waals surface area contributed by atoms with Crippen molar-refractivity contribution < 1.29 is 9.72 Å². The van der Waals surface area contributed by atoms with E-state index in [1.54, 1.807) is 17.4 Å². The van der Waals surface area contributed by atoms with Crippen molar-refractivity contribution in [2.75, 3.05) is 19.6 Å². The van der Waals surface area contributed by atoms with Gasteiger partial charge in [0, 0.05) is 23.1 Å². The molecule has 1 amide bonds. The quantitative estimate of drug-likeness (QED) is 0.446. The van der Waals surface area contributed by atoms with E-state index in [0.717, 1.165) is 31.8 Å². The van der Waals surface area contributed by atoms with E-state index in [2.05, 4.69) is 33.3 Å². The van der Waals surface area contributed by atoms with Gasteiger partial charge in [-0.1, -0.05) is 13.0 Å². The number of nitrogens with one attached hydrogen (secondary N) is 1. The first-order valence-corrected chi connectivity index (χ1v) is 11.1. The maximum atomic E-state index is 12.8. The second-order valence-corrected chi connectivity index (χ2v) is 8.74. The number of hydrogen-bond donors (Lipinski definition) is 1. The molecule has 3 aromatic rings. The first-order valence-electron chi connectivity index (χ1n) is 10.2. The number of carbonyl (C=O) groups is 1. The van der Waals surface area contributed by atoms with Gasteiger partial charge in [-0.2, -0.15) is 5.10 Å². The lowest BCUT2D eigenvalue weighted by molar-refractivity contribution is -0.384. The molecule has 0 bridgehead atoms. The molecule has 31 heavy (non-hydrogen) atoms. The SMILES string of the molecule is CC1CCN(C(CNC(=O)c2ccc(-n3cncn3)c([N+](=O)[O-])c2)c2cccs2)CC1. The number of nitrogens with zero attached hydrogens (tertiary/aromatic N) is 5. The van der Waals surface area contributed by atoms with E-state index in [0.29, 0.717) is 6.54 Å². The van der Waals surface area contributed by atoms with Gasteiger partial charge in [-0.25, -0.2) is 9.67 Å². The molecule has 1 aromatic carbocycles. The summed E-state index contributed by atoms with van der Waals surface area (Å²) in [6.07, 6.45) is 4.97. The van der Waals surface area contributed by atoms with Crippen LogP contribution in [0, 0.1) is 16.0 Å². The van der Waals surface area contributed by atoms with Gasteiger partial charge in [-0.15, -0.1) is 11.3 Å². The molecule has 0 radical (unpaired) electrons. The van der Waals surface area contributed by atoms with Gasteiger partial charge >= 0.3 is 0 Å². The minimum Gasteiger partial charge on any atom is -0.350 e. The molecular formula is C21H24N6O3S. The Bertz CT molecular complexity index is 1030. The predicted octanol–water partition coefficient (Wildman–Crippen LogP) is 3.44. The summed E-state index contributed by atoms with van der Waals surface area (Å²) in [4.78, 5) is 31.3. The third-order valence-corrected chi connectivity index (χ3v) is 6.66. The topological polar surface area (TPSA) is 106 Å². The summed E-state index contributed by atoms with van der Waals surface area (Å²) in [5, 5.41) is 20.5. The van der Waals surface area contributed by atoms with Crippen molar-refractivity contribution in [3.05, 3.63) is 68.9 Å². The van der Waals surface area contributed by atoms with Crippen LogP contribution in [0.1, 0.15) is 41.0 Å². The van der Waals surface area contributed by atoms with Gasteiger partial charge in [-0.3, -0.25) is 19.8 Å². The molecule has 1 saturated heterocycles. The van der Waals surface area contributed by atoms with Crippen molar-refractivity contribution in [1.29, 1.82) is 0 Å². The zero-order valence-electron chi connectivity index (χ0n) is 17.2. The highest BCUT2D eigenvalue weighted by molar-refractivity contribution is 7.10. The Morgan fingerprint density at radius 1 is 1.35 bits per heavy atom. The third-order valence-electron chi connectivity index (χ3n) is 5.69. The van der Waals surface area contributed by atoms with Gasteiger partial charge in [0.05, 0.1) is 11.0 Å². The summed E-state index contributed by atoms with van der Waals surface area (Å²) in [5.41, 5.74) is 0.309. The number of piperidine rings is 1. The number of nitro benzene ring substituents is 1. The molecule has 0 aliphatic carbocycles. The van der Waals surface area contributed by atoms with Gasteiger partial charge < -0.3 is 5.32 Å². The number of hydrogen-bond acceptors (Lipinski definition) is 7. The highest BCUT2D eigenvalue weighted by Gasteiger charge is 2.26. The fourth-order valence-corrected chi connectivity index (χ4v) is 4.72. The maximum Gasteiger partial charge on any atom is 0.295 e. The Morgan fingerprint density at radius 3 is 2.81 bits per heavy atom. The van der Waals surface area contributed by atoms with Gasteiger partial charge in [0.15, 0.2) is 0 Å². The fraction of sp³-hybridized carbons (Fsp3) is 0.381. The van der Waals surface area contributed by atoms with E-state index in [1.165, 1.54) is 34.3 Å². The van der Waals surface area contributed by atoms with Crippen molar-refractivity contribution in [3.63, 3.8) is 0 Å². The summed E-state index contributed by atoms with van der Waals surface area (Å²) < 4.78 is 1.31. The first-order chi connectivity index (χ1) is 15.0. The molecule has 0 saturated carbocycles. The lowest BCUT2D eigenvalue weighted by atomic mass is 9.97. The number of carbonyl (C=O) groups excluding carboxylic acids is 1. The largest absolute Gasteiger partial charge is 0.350 e. The van der Waals surface area contributed by atoms with Crippen LogP contribution in [-0.4, -0.2) is 50.1 Å². The maximum absolute atomic E-state index is 12.8. The molecule has 9 nitrogen and oxygen atoms in total. The van der Waals surface area contributed by atoms with E-state index in [1.807, 2.05) is 11.4 Å². The van der Waals surface area contributed by atoms with Crippen molar-refractivity contribution in [2.24, 2.45) is 5.92 Å². The van der Waals surface area contributed by atoms with Crippen molar-refractivity contribution >= 4 is 22.9 Å². The summed E-state index contributed by atoms with van der Waals surface area (Å²) in [7, 11) is 0. The second kappa shape index (κ2) is 9.36. The molecule has 3 heterocycles. The average Bonchev–Trinajstić information content (AvgIpc) is 3.49. The predicted molar refractivity (Wildman–Crippen MR) is 117 cm³/mol. The van der Waals surface area contributed by atoms with Gasteiger partial charge in [0.1, 0.15) is 18.3 Å². The summed E-state index contributed by atoms with van der Waals surface area (Å²) in [6, 6.07) is 8.59. The van der Waals surface area contributed by atoms with Gasteiger partial charge in [0.25, 0.3) is 11.6 Å². The summed E-state index contributed by atoms with van der Waals surface area (Å²) in [5.74, 6) is 0.388. The molecule has 1 atom stereocenters. The Balaban J connectivity index is 1.50. The zero-order chi connectivity index (χ0) is 21.8. The molecule has 1 aliphatic rings. The van der Waals surface area contributed by atoms with Crippen LogP contribution < -0.4 is 5.32 Å². The van der Waals surface area contributed by atoms with Crippen LogP contribution in [0.4, 0.5) is 5.69 Å². The van der Waals surface area contributed by atoms with Crippen LogP contribution in [0.3, 0.4) is 0 Å².